The topological polar surface area (TPSA) is 99.8 Å². The molecule has 0 spiro atoms. The summed E-state index contributed by atoms with van der Waals surface area (Å²) >= 11 is 0. The van der Waals surface area contributed by atoms with Gasteiger partial charge in [0.2, 0.25) is 5.82 Å². The first-order valence-electron chi connectivity index (χ1n) is 9.90. The van der Waals surface area contributed by atoms with Gasteiger partial charge in [-0.05, 0) is 36.6 Å². The molecule has 0 bridgehead atoms. The molecule has 2 aromatic carbocycles. The molecule has 0 atom stereocenters. The van der Waals surface area contributed by atoms with Crippen molar-refractivity contribution in [1.29, 1.82) is 0 Å². The van der Waals surface area contributed by atoms with Gasteiger partial charge in [0.25, 0.3) is 11.4 Å². The van der Waals surface area contributed by atoms with Gasteiger partial charge in [0.05, 0.1) is 10.9 Å². The van der Waals surface area contributed by atoms with Crippen molar-refractivity contribution < 1.29 is 4.52 Å². The highest BCUT2D eigenvalue weighted by atomic mass is 16.5. The van der Waals surface area contributed by atoms with E-state index < -0.39 is 0 Å². The fourth-order valence-electron chi connectivity index (χ4n) is 3.80. The monoisotopic (exact) mass is 387 g/mol. The molecule has 0 saturated carbocycles. The van der Waals surface area contributed by atoms with Crippen LogP contribution in [-0.4, -0.2) is 19.7 Å². The molecule has 146 valence electrons. The van der Waals surface area contributed by atoms with Crippen molar-refractivity contribution in [3.8, 4) is 22.8 Å². The Hall–Kier alpha value is -3.32. The summed E-state index contributed by atoms with van der Waals surface area (Å²) in [5.41, 5.74) is 9.01. The van der Waals surface area contributed by atoms with Crippen LogP contribution in [0.25, 0.3) is 33.7 Å². The first kappa shape index (κ1) is 17.8. The summed E-state index contributed by atoms with van der Waals surface area (Å²) in [4.78, 5) is 22.2. The first-order chi connectivity index (χ1) is 14.2. The van der Waals surface area contributed by atoms with Crippen LogP contribution in [0, 0.1) is 0 Å². The van der Waals surface area contributed by atoms with Gasteiger partial charge < -0.3 is 10.3 Å². The standard InChI is InChI=1S/C22H21N5O2/c23-13-14-5-7-15(8-6-14)20-25-21(29-26-20)16-9-10-17-18(12-16)24-19-4-2-1-3-11-27(19)22(17)28/h5-10,12H,1-4,11,13,23H2. The van der Waals surface area contributed by atoms with Gasteiger partial charge in [-0.15, -0.1) is 0 Å². The molecule has 0 saturated heterocycles. The molecule has 0 radical (unpaired) electrons. The highest BCUT2D eigenvalue weighted by molar-refractivity contribution is 5.82. The zero-order valence-corrected chi connectivity index (χ0v) is 16.0. The Bertz CT molecular complexity index is 1240. The van der Waals surface area contributed by atoms with E-state index >= 15 is 0 Å². The maximum atomic E-state index is 12.9. The van der Waals surface area contributed by atoms with Crippen LogP contribution in [0.3, 0.4) is 0 Å². The summed E-state index contributed by atoms with van der Waals surface area (Å²) < 4.78 is 7.30. The van der Waals surface area contributed by atoms with E-state index in [1.165, 1.54) is 0 Å². The Labute approximate surface area is 167 Å². The van der Waals surface area contributed by atoms with Crippen molar-refractivity contribution in [1.82, 2.24) is 19.7 Å². The smallest absolute Gasteiger partial charge is 0.261 e. The van der Waals surface area contributed by atoms with E-state index in [0.717, 1.165) is 54.7 Å². The van der Waals surface area contributed by atoms with Crippen molar-refractivity contribution in [2.75, 3.05) is 0 Å². The van der Waals surface area contributed by atoms with Gasteiger partial charge in [0.1, 0.15) is 5.82 Å². The number of aromatic nitrogens is 4. The first-order valence-corrected chi connectivity index (χ1v) is 9.90. The maximum absolute atomic E-state index is 12.9. The van der Waals surface area contributed by atoms with Crippen LogP contribution >= 0.6 is 0 Å². The average molecular weight is 387 g/mol. The average Bonchev–Trinajstić information content (AvgIpc) is 3.13. The van der Waals surface area contributed by atoms with Gasteiger partial charge in [0.15, 0.2) is 0 Å². The highest BCUT2D eigenvalue weighted by Gasteiger charge is 2.16. The lowest BCUT2D eigenvalue weighted by Gasteiger charge is -2.10. The molecule has 7 heteroatoms. The summed E-state index contributed by atoms with van der Waals surface area (Å²) in [6.45, 7) is 1.24. The molecule has 0 aliphatic carbocycles. The van der Waals surface area contributed by atoms with Crippen molar-refractivity contribution in [2.45, 2.75) is 38.8 Å². The molecule has 3 heterocycles. The lowest BCUT2D eigenvalue weighted by atomic mass is 10.1. The molecule has 0 unspecified atom stereocenters. The van der Waals surface area contributed by atoms with Crippen molar-refractivity contribution in [2.24, 2.45) is 5.73 Å². The molecule has 5 rings (SSSR count). The van der Waals surface area contributed by atoms with E-state index in [0.29, 0.717) is 29.2 Å². The van der Waals surface area contributed by atoms with Crippen molar-refractivity contribution >= 4 is 10.9 Å². The Morgan fingerprint density at radius 3 is 2.66 bits per heavy atom. The highest BCUT2D eigenvalue weighted by Crippen LogP contribution is 2.25. The zero-order chi connectivity index (χ0) is 19.8. The van der Waals surface area contributed by atoms with Crippen LogP contribution in [-0.2, 0) is 19.5 Å². The minimum Gasteiger partial charge on any atom is -0.334 e. The van der Waals surface area contributed by atoms with Crippen LogP contribution in [0.4, 0.5) is 0 Å². The molecule has 1 aliphatic rings. The molecular weight excluding hydrogens is 366 g/mol. The van der Waals surface area contributed by atoms with E-state index in [-0.39, 0.29) is 5.56 Å². The van der Waals surface area contributed by atoms with E-state index in [1.807, 2.05) is 41.0 Å². The second-order valence-corrected chi connectivity index (χ2v) is 7.35. The van der Waals surface area contributed by atoms with Gasteiger partial charge in [-0.25, -0.2) is 4.98 Å². The summed E-state index contributed by atoms with van der Waals surface area (Å²) in [6.07, 6.45) is 4.04. The summed E-state index contributed by atoms with van der Waals surface area (Å²) in [7, 11) is 0. The number of rotatable bonds is 3. The minimum atomic E-state index is 0.0321. The summed E-state index contributed by atoms with van der Waals surface area (Å²) in [6, 6.07) is 13.2. The van der Waals surface area contributed by atoms with E-state index in [2.05, 4.69) is 10.1 Å². The van der Waals surface area contributed by atoms with E-state index in [4.69, 9.17) is 15.2 Å². The van der Waals surface area contributed by atoms with Crippen LogP contribution in [0.5, 0.6) is 0 Å². The van der Waals surface area contributed by atoms with Gasteiger partial charge >= 0.3 is 0 Å². The number of nitrogens with zero attached hydrogens (tertiary/aromatic N) is 4. The van der Waals surface area contributed by atoms with Crippen LogP contribution in [0.15, 0.2) is 51.8 Å². The zero-order valence-electron chi connectivity index (χ0n) is 16.0. The molecule has 2 N–H and O–H groups in total. The third-order valence-electron chi connectivity index (χ3n) is 5.44. The molecular formula is C22H21N5O2. The van der Waals surface area contributed by atoms with Crippen LogP contribution in [0.1, 0.15) is 30.7 Å². The molecule has 4 aromatic rings. The minimum absolute atomic E-state index is 0.0321. The van der Waals surface area contributed by atoms with Crippen molar-refractivity contribution in [3.05, 3.63) is 64.2 Å². The Balaban J connectivity index is 1.54. The third-order valence-corrected chi connectivity index (χ3v) is 5.44. The molecule has 2 aromatic heterocycles. The third kappa shape index (κ3) is 3.23. The number of fused-ring (bicyclic) bond motifs is 2. The largest absolute Gasteiger partial charge is 0.334 e. The summed E-state index contributed by atoms with van der Waals surface area (Å²) in [5, 5.41) is 4.72. The SMILES string of the molecule is NCc1ccc(-c2noc(-c3ccc4c(=O)n5c(nc4c3)CCCCC5)n2)cc1. The van der Waals surface area contributed by atoms with Gasteiger partial charge in [-0.2, -0.15) is 4.98 Å². The lowest BCUT2D eigenvalue weighted by molar-refractivity contribution is 0.432. The van der Waals surface area contributed by atoms with Gasteiger partial charge in [-0.3, -0.25) is 9.36 Å². The second kappa shape index (κ2) is 7.25. The Morgan fingerprint density at radius 1 is 1.00 bits per heavy atom. The van der Waals surface area contributed by atoms with Crippen LogP contribution < -0.4 is 11.3 Å². The molecule has 1 aliphatic heterocycles. The number of benzene rings is 2. The number of hydrogen-bond donors (Lipinski definition) is 1. The Kier molecular flexibility index (Phi) is 4.44. The second-order valence-electron chi connectivity index (χ2n) is 7.35. The van der Waals surface area contributed by atoms with Gasteiger partial charge in [-0.1, -0.05) is 35.8 Å². The molecule has 0 fully saturated rings. The van der Waals surface area contributed by atoms with E-state index in [1.54, 1.807) is 6.07 Å². The molecule has 7 nitrogen and oxygen atoms in total. The normalized spacial score (nSPS) is 14.0. The fourth-order valence-corrected chi connectivity index (χ4v) is 3.80. The predicted molar refractivity (Wildman–Crippen MR) is 110 cm³/mol. The Morgan fingerprint density at radius 2 is 1.83 bits per heavy atom. The number of aryl methyl sites for hydroxylation is 1. The van der Waals surface area contributed by atoms with Crippen molar-refractivity contribution in [3.63, 3.8) is 0 Å². The fraction of sp³-hybridized carbons (Fsp3) is 0.273. The van der Waals surface area contributed by atoms with Gasteiger partial charge in [0, 0.05) is 30.6 Å². The molecule has 29 heavy (non-hydrogen) atoms. The number of hydrogen-bond acceptors (Lipinski definition) is 6. The van der Waals surface area contributed by atoms with Crippen LogP contribution in [0.2, 0.25) is 0 Å². The predicted octanol–water partition coefficient (Wildman–Crippen LogP) is 3.30. The summed E-state index contributed by atoms with van der Waals surface area (Å²) in [5.74, 6) is 1.78. The lowest BCUT2D eigenvalue weighted by Crippen LogP contribution is -2.24. The maximum Gasteiger partial charge on any atom is 0.261 e. The molecule has 0 amide bonds. The quantitative estimate of drug-likeness (QED) is 0.579. The van der Waals surface area contributed by atoms with E-state index in [9.17, 15) is 4.79 Å². The number of nitrogens with two attached hydrogens (primary N) is 1.